The molecule has 0 unspecified atom stereocenters. The summed E-state index contributed by atoms with van der Waals surface area (Å²) < 4.78 is 45.5. The average Bonchev–Trinajstić information content (AvgIpc) is 3.29. The number of benzene rings is 1. The molecule has 5 rings (SSSR count). The number of carbonyl (C=O) groups is 1. The quantitative estimate of drug-likeness (QED) is 0.590. The van der Waals surface area contributed by atoms with Gasteiger partial charge in [-0.25, -0.2) is 0 Å². The Morgan fingerprint density at radius 2 is 1.71 bits per heavy atom. The number of ether oxygens (including phenoxy) is 1. The fourth-order valence-electron chi connectivity index (χ4n) is 4.57. The number of nitrogens with one attached hydrogen (secondary N) is 1. The van der Waals surface area contributed by atoms with Gasteiger partial charge < -0.3 is 15.0 Å². The lowest BCUT2D eigenvalue weighted by atomic mass is 9.89. The summed E-state index contributed by atoms with van der Waals surface area (Å²) in [5.74, 6) is -0.367. The van der Waals surface area contributed by atoms with Crippen LogP contribution < -0.4 is 10.2 Å². The second kappa shape index (κ2) is 9.78. The molecular weight excluding hydrogens is 463 g/mol. The summed E-state index contributed by atoms with van der Waals surface area (Å²) in [6.45, 7) is 4.52. The van der Waals surface area contributed by atoms with Gasteiger partial charge >= 0.3 is 6.18 Å². The van der Waals surface area contributed by atoms with Crippen LogP contribution >= 0.6 is 0 Å². The third-order valence-corrected chi connectivity index (χ3v) is 6.46. The highest BCUT2D eigenvalue weighted by atomic mass is 19.4. The van der Waals surface area contributed by atoms with Crippen molar-refractivity contribution in [2.24, 2.45) is 0 Å². The molecule has 9 nitrogen and oxygen atoms in total. The fourth-order valence-corrected chi connectivity index (χ4v) is 4.57. The van der Waals surface area contributed by atoms with Crippen molar-refractivity contribution in [2.75, 3.05) is 56.2 Å². The number of halogens is 3. The summed E-state index contributed by atoms with van der Waals surface area (Å²) in [6.07, 6.45) is -2.93. The van der Waals surface area contributed by atoms with Crippen molar-refractivity contribution < 1.29 is 22.7 Å². The highest BCUT2D eigenvalue weighted by molar-refractivity contribution is 5.92. The zero-order valence-electron chi connectivity index (χ0n) is 19.0. The Kier molecular flexibility index (Phi) is 6.56. The molecule has 186 valence electrons. The van der Waals surface area contributed by atoms with Gasteiger partial charge in [0.15, 0.2) is 5.65 Å². The van der Waals surface area contributed by atoms with Crippen LogP contribution in [0.1, 0.15) is 30.1 Å². The molecule has 2 aliphatic rings. The standard InChI is InChI=1S/C23H26F3N7O2/c24-23(25,26)22-29-28-19-5-6-20(30-33(19)22)32-9-7-17(8-10-32)16-1-3-18(4-2-16)27-21(34)15-31-11-13-35-14-12-31/h1-6,17H,7-15H2,(H,27,34). The fraction of sp³-hybridized carbons (Fsp3) is 0.478. The minimum Gasteiger partial charge on any atom is -0.379 e. The number of amides is 1. The molecule has 4 heterocycles. The van der Waals surface area contributed by atoms with Crippen molar-refractivity contribution in [3.05, 3.63) is 47.8 Å². The highest BCUT2D eigenvalue weighted by Gasteiger charge is 2.38. The van der Waals surface area contributed by atoms with Crippen molar-refractivity contribution in [3.8, 4) is 0 Å². The first-order chi connectivity index (χ1) is 16.9. The van der Waals surface area contributed by atoms with Gasteiger partial charge in [0.25, 0.3) is 5.82 Å². The second-order valence-electron chi connectivity index (χ2n) is 8.80. The number of hydrogen-bond donors (Lipinski definition) is 1. The van der Waals surface area contributed by atoms with Crippen molar-refractivity contribution in [1.82, 2.24) is 24.7 Å². The zero-order chi connectivity index (χ0) is 24.4. The number of aromatic nitrogens is 4. The molecule has 0 radical (unpaired) electrons. The van der Waals surface area contributed by atoms with Crippen LogP contribution in [0.15, 0.2) is 36.4 Å². The summed E-state index contributed by atoms with van der Waals surface area (Å²) in [5, 5.41) is 13.9. The van der Waals surface area contributed by atoms with Gasteiger partial charge in [-0.15, -0.1) is 15.3 Å². The molecule has 1 amide bonds. The number of hydrogen-bond acceptors (Lipinski definition) is 7. The van der Waals surface area contributed by atoms with Crippen molar-refractivity contribution in [3.63, 3.8) is 0 Å². The number of alkyl halides is 3. The molecule has 2 saturated heterocycles. The third-order valence-electron chi connectivity index (χ3n) is 6.46. The maximum Gasteiger partial charge on any atom is 0.453 e. The van der Waals surface area contributed by atoms with Crippen LogP contribution in [0.25, 0.3) is 5.65 Å². The molecule has 2 aromatic heterocycles. The molecule has 1 N–H and O–H groups in total. The van der Waals surface area contributed by atoms with Crippen LogP contribution in [0.3, 0.4) is 0 Å². The minimum absolute atomic E-state index is 0.0424. The average molecular weight is 490 g/mol. The SMILES string of the molecule is O=C(CN1CCOCC1)Nc1ccc(C2CCN(c3ccc4nnc(C(F)(F)F)n4n3)CC2)cc1. The Hall–Kier alpha value is -3.25. The Balaban J connectivity index is 1.17. The number of fused-ring (bicyclic) bond motifs is 1. The Bertz CT molecular complexity index is 1170. The summed E-state index contributed by atoms with van der Waals surface area (Å²) in [4.78, 5) is 16.4. The highest BCUT2D eigenvalue weighted by Crippen LogP contribution is 2.32. The van der Waals surface area contributed by atoms with E-state index in [4.69, 9.17) is 4.74 Å². The third kappa shape index (κ3) is 5.38. The maximum absolute atomic E-state index is 13.2. The van der Waals surface area contributed by atoms with Gasteiger partial charge in [0.2, 0.25) is 5.91 Å². The molecule has 3 aromatic rings. The van der Waals surface area contributed by atoms with Crippen molar-refractivity contribution in [1.29, 1.82) is 0 Å². The summed E-state index contributed by atoms with van der Waals surface area (Å²) in [7, 11) is 0. The van der Waals surface area contributed by atoms with E-state index in [-0.39, 0.29) is 11.6 Å². The van der Waals surface area contributed by atoms with E-state index in [1.165, 1.54) is 11.6 Å². The molecular formula is C23H26F3N7O2. The molecule has 2 fully saturated rings. The summed E-state index contributed by atoms with van der Waals surface area (Å²) in [6, 6.07) is 11.1. The van der Waals surface area contributed by atoms with Crippen LogP contribution in [0.2, 0.25) is 0 Å². The smallest absolute Gasteiger partial charge is 0.379 e. The van der Waals surface area contributed by atoms with Gasteiger partial charge in [-0.1, -0.05) is 12.1 Å². The molecule has 35 heavy (non-hydrogen) atoms. The van der Waals surface area contributed by atoms with Crippen LogP contribution in [0, 0.1) is 0 Å². The molecule has 2 aliphatic heterocycles. The van der Waals surface area contributed by atoms with Gasteiger partial charge in [0.05, 0.1) is 19.8 Å². The van der Waals surface area contributed by atoms with E-state index in [0.717, 1.165) is 36.1 Å². The lowest BCUT2D eigenvalue weighted by molar-refractivity contribution is -0.146. The van der Waals surface area contributed by atoms with Crippen LogP contribution in [-0.2, 0) is 15.7 Å². The first-order valence-corrected chi connectivity index (χ1v) is 11.6. The molecule has 0 saturated carbocycles. The van der Waals surface area contributed by atoms with Crippen molar-refractivity contribution >= 4 is 23.1 Å². The van der Waals surface area contributed by atoms with E-state index in [9.17, 15) is 18.0 Å². The zero-order valence-corrected chi connectivity index (χ0v) is 19.0. The van der Waals surface area contributed by atoms with Gasteiger partial charge in [-0.3, -0.25) is 9.69 Å². The Labute approximate surface area is 199 Å². The van der Waals surface area contributed by atoms with Crippen LogP contribution in [-0.4, -0.2) is 76.6 Å². The number of carbonyl (C=O) groups excluding carboxylic acids is 1. The predicted octanol–water partition coefficient (Wildman–Crippen LogP) is 2.80. The maximum atomic E-state index is 13.2. The molecule has 12 heteroatoms. The Morgan fingerprint density at radius 3 is 2.40 bits per heavy atom. The number of anilines is 2. The monoisotopic (exact) mass is 489 g/mol. The van der Waals surface area contributed by atoms with E-state index < -0.39 is 12.0 Å². The first-order valence-electron chi connectivity index (χ1n) is 11.6. The molecule has 0 bridgehead atoms. The van der Waals surface area contributed by atoms with E-state index in [1.54, 1.807) is 6.07 Å². The lowest BCUT2D eigenvalue weighted by Crippen LogP contribution is -2.41. The van der Waals surface area contributed by atoms with Gasteiger partial charge in [-0.05, 0) is 48.6 Å². The Morgan fingerprint density at radius 1 is 1.00 bits per heavy atom. The number of morpholine rings is 1. The van der Waals surface area contributed by atoms with Crippen molar-refractivity contribution in [2.45, 2.75) is 24.9 Å². The summed E-state index contributed by atoms with van der Waals surface area (Å²) in [5.41, 5.74) is 2.00. The molecule has 0 aliphatic carbocycles. The van der Waals surface area contributed by atoms with Crippen LogP contribution in [0.5, 0.6) is 0 Å². The van der Waals surface area contributed by atoms with E-state index >= 15 is 0 Å². The van der Waals surface area contributed by atoms with Gasteiger partial charge in [0, 0.05) is 31.9 Å². The van der Waals surface area contributed by atoms with Gasteiger partial charge in [0.1, 0.15) is 5.82 Å². The largest absolute Gasteiger partial charge is 0.453 e. The topological polar surface area (TPSA) is 87.9 Å². The molecule has 0 spiro atoms. The second-order valence-corrected chi connectivity index (χ2v) is 8.80. The predicted molar refractivity (Wildman–Crippen MR) is 122 cm³/mol. The molecule has 0 atom stereocenters. The number of nitrogens with zero attached hydrogens (tertiary/aromatic N) is 6. The van der Waals surface area contributed by atoms with E-state index in [2.05, 4.69) is 25.5 Å². The van der Waals surface area contributed by atoms with Crippen LogP contribution in [0.4, 0.5) is 24.7 Å². The van der Waals surface area contributed by atoms with E-state index in [0.29, 0.717) is 44.6 Å². The molecule has 1 aromatic carbocycles. The minimum atomic E-state index is -4.62. The number of piperidine rings is 1. The first kappa shape index (κ1) is 23.5. The van der Waals surface area contributed by atoms with E-state index in [1.807, 2.05) is 29.2 Å². The number of rotatable bonds is 5. The van der Waals surface area contributed by atoms with Gasteiger partial charge in [-0.2, -0.15) is 17.7 Å². The normalized spacial score (nSPS) is 18.2. The summed E-state index contributed by atoms with van der Waals surface area (Å²) >= 11 is 0. The lowest BCUT2D eigenvalue weighted by Gasteiger charge is -2.33.